The van der Waals surface area contributed by atoms with Crippen LogP contribution in [-0.2, 0) is 28.7 Å². The zero-order valence-electron chi connectivity index (χ0n) is 25.6. The number of carbonyl (C=O) groups is 4. The third kappa shape index (κ3) is 5.74. The summed E-state index contributed by atoms with van der Waals surface area (Å²) in [5.41, 5.74) is 0.665. The number of fused-ring (bicyclic) bond motifs is 2. The SMILES string of the molecule is Cc1cccc(Cl)c1N1CC=C[C@@]23O[C@H]4/C=C\CCC(=O)OC[C@H](c5ccccc5)NC(=O)[C@H]4[C@@H]2C(=O)N(CCCCO)[C@H]3C1=O. The van der Waals surface area contributed by atoms with E-state index in [1.54, 1.807) is 29.2 Å². The highest BCUT2D eigenvalue weighted by molar-refractivity contribution is 6.34. The van der Waals surface area contributed by atoms with Gasteiger partial charge < -0.3 is 29.7 Å². The summed E-state index contributed by atoms with van der Waals surface area (Å²) < 4.78 is 12.3. The molecule has 0 radical (unpaired) electrons. The van der Waals surface area contributed by atoms with Gasteiger partial charge in [-0.25, -0.2) is 0 Å². The number of carbonyl (C=O) groups excluding carboxylic acids is 4. The van der Waals surface area contributed by atoms with E-state index in [1.807, 2.05) is 55.5 Å². The Morgan fingerprint density at radius 3 is 2.59 bits per heavy atom. The fourth-order valence-corrected chi connectivity index (χ4v) is 7.56. The highest BCUT2D eigenvalue weighted by Crippen LogP contribution is 2.53. The third-order valence-electron chi connectivity index (χ3n) is 9.33. The predicted molar refractivity (Wildman–Crippen MR) is 171 cm³/mol. The van der Waals surface area contributed by atoms with E-state index in [4.69, 9.17) is 21.1 Å². The summed E-state index contributed by atoms with van der Waals surface area (Å²) in [4.78, 5) is 59.1. The number of para-hydroxylation sites is 1. The van der Waals surface area contributed by atoms with E-state index in [9.17, 15) is 24.3 Å². The summed E-state index contributed by atoms with van der Waals surface area (Å²) in [7, 11) is 0. The summed E-state index contributed by atoms with van der Waals surface area (Å²) in [6.07, 6.45) is 7.65. The van der Waals surface area contributed by atoms with Gasteiger partial charge in [-0.1, -0.05) is 78.4 Å². The summed E-state index contributed by atoms with van der Waals surface area (Å²) in [6.45, 7) is 2.15. The van der Waals surface area contributed by atoms with Crippen molar-refractivity contribution in [1.29, 1.82) is 0 Å². The van der Waals surface area contributed by atoms with Gasteiger partial charge in [0, 0.05) is 26.1 Å². The molecule has 3 amide bonds. The van der Waals surface area contributed by atoms with E-state index in [1.165, 1.54) is 4.90 Å². The number of nitrogens with one attached hydrogen (secondary N) is 1. The molecule has 0 aromatic heterocycles. The van der Waals surface area contributed by atoms with Gasteiger partial charge in [0.15, 0.2) is 0 Å². The minimum absolute atomic E-state index is 0.0556. The average Bonchev–Trinajstić information content (AvgIpc) is 3.42. The minimum atomic E-state index is -1.44. The number of amides is 3. The highest BCUT2D eigenvalue weighted by atomic mass is 35.5. The number of rotatable bonds is 6. The van der Waals surface area contributed by atoms with Crippen molar-refractivity contribution in [3.8, 4) is 0 Å². The quantitative estimate of drug-likeness (QED) is 0.279. The zero-order valence-corrected chi connectivity index (χ0v) is 26.4. The Balaban J connectivity index is 1.43. The van der Waals surface area contributed by atoms with Crippen LogP contribution in [0.1, 0.15) is 42.9 Å². The number of halogens is 1. The first-order valence-corrected chi connectivity index (χ1v) is 16.2. The van der Waals surface area contributed by atoms with Crippen molar-refractivity contribution in [2.45, 2.75) is 56.4 Å². The molecule has 4 aliphatic rings. The van der Waals surface area contributed by atoms with E-state index in [0.29, 0.717) is 30.0 Å². The van der Waals surface area contributed by atoms with Gasteiger partial charge in [0.25, 0.3) is 5.91 Å². The number of esters is 1. The van der Waals surface area contributed by atoms with Crippen molar-refractivity contribution >= 4 is 41.0 Å². The van der Waals surface area contributed by atoms with Crippen molar-refractivity contribution in [3.05, 3.63) is 89.0 Å². The number of aryl methyl sites for hydroxylation is 1. The zero-order chi connectivity index (χ0) is 32.4. The summed E-state index contributed by atoms with van der Waals surface area (Å²) >= 11 is 6.63. The van der Waals surface area contributed by atoms with Crippen LogP contribution in [0.5, 0.6) is 0 Å². The smallest absolute Gasteiger partial charge is 0.306 e. The van der Waals surface area contributed by atoms with E-state index < -0.39 is 41.5 Å². The number of aliphatic hydroxyl groups is 1. The molecular formula is C35H38ClN3O7. The van der Waals surface area contributed by atoms with Gasteiger partial charge in [-0.15, -0.1) is 0 Å². The predicted octanol–water partition coefficient (Wildman–Crippen LogP) is 3.66. The van der Waals surface area contributed by atoms with E-state index in [2.05, 4.69) is 5.32 Å². The van der Waals surface area contributed by atoms with Crippen LogP contribution in [0.3, 0.4) is 0 Å². The second-order valence-corrected chi connectivity index (χ2v) is 12.6. The van der Waals surface area contributed by atoms with E-state index >= 15 is 0 Å². The fourth-order valence-electron chi connectivity index (χ4n) is 7.24. The maximum atomic E-state index is 14.7. The number of allylic oxidation sites excluding steroid dienone is 1. The van der Waals surface area contributed by atoms with E-state index in [-0.39, 0.29) is 50.5 Å². The molecule has 1 spiro atoms. The molecule has 6 rings (SSSR count). The van der Waals surface area contributed by atoms with Gasteiger partial charge in [-0.3, -0.25) is 19.2 Å². The molecule has 6 atom stereocenters. The summed E-state index contributed by atoms with van der Waals surface area (Å²) in [6, 6.07) is 12.9. The minimum Gasteiger partial charge on any atom is -0.463 e. The lowest BCUT2D eigenvalue weighted by atomic mass is 9.77. The highest BCUT2D eigenvalue weighted by Gasteiger charge is 2.71. The molecule has 242 valence electrons. The van der Waals surface area contributed by atoms with Gasteiger partial charge >= 0.3 is 5.97 Å². The molecule has 11 heteroatoms. The maximum Gasteiger partial charge on any atom is 0.306 e. The van der Waals surface area contributed by atoms with Crippen LogP contribution < -0.4 is 10.2 Å². The van der Waals surface area contributed by atoms with Crippen molar-refractivity contribution in [2.24, 2.45) is 11.8 Å². The van der Waals surface area contributed by atoms with Crippen LogP contribution in [0, 0.1) is 18.8 Å². The number of hydrogen-bond donors (Lipinski definition) is 2. The molecule has 4 heterocycles. The Labute approximate surface area is 273 Å². The van der Waals surface area contributed by atoms with Crippen LogP contribution in [-0.4, -0.2) is 77.7 Å². The number of nitrogens with zero attached hydrogens (tertiary/aromatic N) is 2. The second kappa shape index (κ2) is 13.4. The van der Waals surface area contributed by atoms with Gasteiger partial charge in [-0.2, -0.15) is 0 Å². The first kappa shape index (κ1) is 32.0. The molecule has 4 aliphatic heterocycles. The molecule has 0 aliphatic carbocycles. The molecule has 0 bridgehead atoms. The van der Waals surface area contributed by atoms with Crippen LogP contribution in [0.4, 0.5) is 5.69 Å². The summed E-state index contributed by atoms with van der Waals surface area (Å²) in [5.74, 6) is -3.51. The Bertz CT molecular complexity index is 1540. The lowest BCUT2D eigenvalue weighted by Crippen LogP contribution is -2.55. The van der Waals surface area contributed by atoms with Crippen LogP contribution in [0.15, 0.2) is 72.8 Å². The van der Waals surface area contributed by atoms with Crippen LogP contribution in [0.2, 0.25) is 5.02 Å². The van der Waals surface area contributed by atoms with Crippen molar-refractivity contribution < 1.29 is 33.8 Å². The number of anilines is 1. The van der Waals surface area contributed by atoms with E-state index in [0.717, 1.165) is 11.1 Å². The van der Waals surface area contributed by atoms with Gasteiger partial charge in [0.2, 0.25) is 11.8 Å². The molecule has 0 unspecified atom stereocenters. The maximum absolute atomic E-state index is 14.7. The van der Waals surface area contributed by atoms with Crippen molar-refractivity contribution in [1.82, 2.24) is 10.2 Å². The molecule has 10 nitrogen and oxygen atoms in total. The Morgan fingerprint density at radius 1 is 1.02 bits per heavy atom. The lowest BCUT2D eigenvalue weighted by Gasteiger charge is -2.36. The van der Waals surface area contributed by atoms with Gasteiger partial charge in [0.1, 0.15) is 18.2 Å². The average molecular weight is 648 g/mol. The number of aliphatic hydroxyl groups excluding tert-OH is 1. The molecular weight excluding hydrogens is 610 g/mol. The number of cyclic esters (lactones) is 1. The monoisotopic (exact) mass is 647 g/mol. The number of hydrogen-bond acceptors (Lipinski definition) is 7. The number of ether oxygens (including phenoxy) is 2. The van der Waals surface area contributed by atoms with Gasteiger partial charge in [0.05, 0.1) is 34.7 Å². The van der Waals surface area contributed by atoms with Gasteiger partial charge in [-0.05, 0) is 43.4 Å². The number of unbranched alkanes of at least 4 members (excludes halogenated alkanes) is 1. The Morgan fingerprint density at radius 2 is 1.83 bits per heavy atom. The molecule has 2 N–H and O–H groups in total. The normalized spacial score (nSPS) is 30.4. The van der Waals surface area contributed by atoms with Crippen molar-refractivity contribution in [2.75, 3.05) is 31.2 Å². The first-order valence-electron chi connectivity index (χ1n) is 15.8. The Kier molecular flexibility index (Phi) is 9.31. The summed E-state index contributed by atoms with van der Waals surface area (Å²) in [5, 5.41) is 12.9. The molecule has 2 saturated heterocycles. The van der Waals surface area contributed by atoms with Crippen LogP contribution in [0.25, 0.3) is 0 Å². The number of benzene rings is 2. The standard InChI is InChI=1S/C35H38ClN3O7/c1-22-11-9-14-24(36)30(22)38-19-10-17-35-29(33(43)39(18-7-8-20-40)31(35)34(38)44)28-26(46-35)15-5-6-16-27(41)45-21-25(37-32(28)42)23-12-3-2-4-13-23/h2-5,9-15,17,25-26,28-29,31,40H,6-8,16,18-21H2,1H3,(H,37,42)/b15-5-/t25-,26+,28-,29-,31+,35-/m1/s1. The van der Waals surface area contributed by atoms with Crippen LogP contribution >= 0.6 is 11.6 Å². The second-order valence-electron chi connectivity index (χ2n) is 12.2. The molecule has 0 saturated carbocycles. The first-order chi connectivity index (χ1) is 22.3. The topological polar surface area (TPSA) is 125 Å². The molecule has 46 heavy (non-hydrogen) atoms. The molecule has 2 fully saturated rings. The largest absolute Gasteiger partial charge is 0.463 e. The fraction of sp³-hybridized carbons (Fsp3) is 0.429. The van der Waals surface area contributed by atoms with Crippen molar-refractivity contribution in [3.63, 3.8) is 0 Å². The molecule has 2 aromatic rings. The molecule has 2 aromatic carbocycles. The number of likely N-dealkylation sites (tertiary alicyclic amines) is 1. The Hall–Kier alpha value is -3.99. The lowest BCUT2D eigenvalue weighted by molar-refractivity contribution is -0.146. The third-order valence-corrected chi connectivity index (χ3v) is 9.64.